The fourth-order valence-electron chi connectivity index (χ4n) is 8.87. The van der Waals surface area contributed by atoms with E-state index in [1.807, 2.05) is 69.3 Å². The summed E-state index contributed by atoms with van der Waals surface area (Å²) < 4.78 is 30.3. The van der Waals surface area contributed by atoms with Gasteiger partial charge in [0.15, 0.2) is 0 Å². The zero-order valence-corrected chi connectivity index (χ0v) is 42.0. The molecule has 0 radical (unpaired) electrons. The maximum Gasteiger partial charge on any atom is 0.143 e. The highest BCUT2D eigenvalue weighted by Crippen LogP contribution is 2.30. The van der Waals surface area contributed by atoms with Gasteiger partial charge in [0.25, 0.3) is 0 Å². The van der Waals surface area contributed by atoms with E-state index in [0.717, 1.165) is 144 Å². The molecule has 12 heterocycles. The molecule has 358 valence electrons. The molecule has 0 bridgehead atoms. The van der Waals surface area contributed by atoms with E-state index >= 15 is 0 Å². The van der Waals surface area contributed by atoms with Crippen LogP contribution in [0.25, 0.3) is 65.8 Å². The van der Waals surface area contributed by atoms with Crippen molar-refractivity contribution in [3.05, 3.63) is 96.4 Å². The number of alkyl halides is 3. The summed E-state index contributed by atoms with van der Waals surface area (Å²) in [7, 11) is 6.13. The first-order valence-corrected chi connectivity index (χ1v) is 25.0. The SMILES string of the molecule is C1CNCCN1.Cn1c2ccncc2c2ccc(Br)nc21.Cn1c2ccncc2c2ccc(N3CCN(CCF)CC3)nc21.Cn1c2ccncc2c2ccc(N3CCNCC3)nc21.FCCBr. The lowest BCUT2D eigenvalue weighted by molar-refractivity contribution is 0.235. The van der Waals surface area contributed by atoms with Crippen LogP contribution in [0.1, 0.15) is 0 Å². The van der Waals surface area contributed by atoms with Gasteiger partial charge in [-0.25, -0.2) is 19.3 Å². The van der Waals surface area contributed by atoms with E-state index in [-0.39, 0.29) is 13.3 Å². The van der Waals surface area contributed by atoms with E-state index in [0.29, 0.717) is 11.9 Å². The van der Waals surface area contributed by atoms with Crippen molar-refractivity contribution in [3.63, 3.8) is 0 Å². The maximum atomic E-state index is 12.4. The molecule has 12 rings (SSSR count). The van der Waals surface area contributed by atoms with Gasteiger partial charge in [0.2, 0.25) is 0 Å². The Bertz CT molecular complexity index is 3030. The predicted octanol–water partition coefficient (Wildman–Crippen LogP) is 7.16. The summed E-state index contributed by atoms with van der Waals surface area (Å²) in [6, 6.07) is 18.6. The van der Waals surface area contributed by atoms with Gasteiger partial charge in [0.05, 0.1) is 23.2 Å². The number of aryl methyl sites for hydroxylation is 3. The van der Waals surface area contributed by atoms with Crippen molar-refractivity contribution in [2.24, 2.45) is 21.1 Å². The second-order valence-electron chi connectivity index (χ2n) is 16.6. The average molecular weight is 1060 g/mol. The molecule has 68 heavy (non-hydrogen) atoms. The fraction of sp³-hybridized carbons (Fsp3) is 0.388. The van der Waals surface area contributed by atoms with Gasteiger partial charge in [-0.15, -0.1) is 0 Å². The maximum absolute atomic E-state index is 12.4. The van der Waals surface area contributed by atoms with Crippen LogP contribution in [0, 0.1) is 0 Å². The lowest BCUT2D eigenvalue weighted by atomic mass is 10.2. The molecular weight excluding hydrogens is 996 g/mol. The van der Waals surface area contributed by atoms with Crippen LogP contribution in [0.3, 0.4) is 0 Å². The number of rotatable bonds is 5. The fourth-order valence-corrected chi connectivity index (χ4v) is 9.17. The Hall–Kier alpha value is -5.44. The van der Waals surface area contributed by atoms with Gasteiger partial charge >= 0.3 is 0 Å². The highest BCUT2D eigenvalue weighted by molar-refractivity contribution is 9.10. The average Bonchev–Trinajstić information content (AvgIpc) is 3.97. The molecule has 9 aromatic rings. The van der Waals surface area contributed by atoms with Crippen LogP contribution in [-0.4, -0.2) is 152 Å². The topological polar surface area (TPSA) is 138 Å². The van der Waals surface area contributed by atoms with Crippen molar-refractivity contribution in [3.8, 4) is 0 Å². The minimum Gasteiger partial charge on any atom is -0.354 e. The van der Waals surface area contributed by atoms with Gasteiger partial charge in [-0.3, -0.25) is 24.2 Å². The quantitative estimate of drug-likeness (QED) is 0.119. The van der Waals surface area contributed by atoms with E-state index < -0.39 is 0 Å². The second-order valence-corrected chi connectivity index (χ2v) is 18.2. The van der Waals surface area contributed by atoms with Gasteiger partial charge in [-0.1, -0.05) is 15.9 Å². The first kappa shape index (κ1) is 49.0. The Balaban J connectivity index is 0.000000127. The van der Waals surface area contributed by atoms with E-state index in [2.05, 4.69) is 134 Å². The lowest BCUT2D eigenvalue weighted by Gasteiger charge is -2.34. The third-order valence-corrected chi connectivity index (χ3v) is 13.2. The van der Waals surface area contributed by atoms with E-state index in [1.54, 1.807) is 6.20 Å². The lowest BCUT2D eigenvalue weighted by Crippen LogP contribution is -2.47. The summed E-state index contributed by atoms with van der Waals surface area (Å²) in [6.45, 7) is 12.2. The Kier molecular flexibility index (Phi) is 17.1. The van der Waals surface area contributed by atoms with Crippen molar-refractivity contribution in [2.45, 2.75) is 0 Å². The molecule has 0 atom stereocenters. The van der Waals surface area contributed by atoms with E-state index in [1.165, 1.54) is 16.3 Å². The molecule has 3 aliphatic heterocycles. The molecule has 0 aliphatic carbocycles. The standard InChI is InChI=1S/C17H20FN5.C15H17N5.C11H8BrN3.C4H10N2.C2H4BrF/c1-21-15-4-6-19-12-14(15)13-2-3-16(20-17(13)21)23-10-8-22(7-5-18)9-11-23;1-19-13-4-5-17-10-12(13)11-2-3-14(18-15(11)19)20-8-6-16-7-9-20;1-15-9-4-5-13-6-8(9)7-2-3-10(12)14-11(7)15;1-2-6-4-3-5-1;3-1-2-4/h2-4,6,12H,5,7-11H2,1H3;2-5,10,16H,6-9H2,1H3;2-6H,1H3;5-6H,1-4H2;1-2H2. The summed E-state index contributed by atoms with van der Waals surface area (Å²) in [5.74, 6) is 2.06. The molecule has 9 aromatic heterocycles. The normalized spacial score (nSPS) is 15.4. The molecule has 3 aliphatic rings. The smallest absolute Gasteiger partial charge is 0.143 e. The zero-order valence-electron chi connectivity index (χ0n) is 38.9. The first-order chi connectivity index (χ1) is 33.3. The molecule has 0 unspecified atom stereocenters. The van der Waals surface area contributed by atoms with Gasteiger partial charge < -0.3 is 39.5 Å². The Morgan fingerprint density at radius 2 is 0.882 bits per heavy atom. The molecule has 3 N–H and O–H groups in total. The van der Waals surface area contributed by atoms with E-state index in [9.17, 15) is 8.78 Å². The Labute approximate surface area is 411 Å². The molecular formula is C49H59Br2F2N15. The number of pyridine rings is 6. The van der Waals surface area contributed by atoms with Crippen LogP contribution in [0.15, 0.2) is 96.4 Å². The predicted molar refractivity (Wildman–Crippen MR) is 281 cm³/mol. The van der Waals surface area contributed by atoms with Crippen molar-refractivity contribution in [1.29, 1.82) is 0 Å². The Morgan fingerprint density at radius 1 is 0.485 bits per heavy atom. The summed E-state index contributed by atoms with van der Waals surface area (Å²) in [4.78, 5) is 33.6. The Morgan fingerprint density at radius 3 is 1.29 bits per heavy atom. The van der Waals surface area contributed by atoms with Crippen LogP contribution in [-0.2, 0) is 21.1 Å². The molecule has 15 nitrogen and oxygen atoms in total. The number of piperazine rings is 3. The minimum absolute atomic E-state index is 0.264. The van der Waals surface area contributed by atoms with Gasteiger partial charge in [-0.05, 0) is 70.5 Å². The number of anilines is 2. The van der Waals surface area contributed by atoms with Gasteiger partial charge in [0, 0.05) is 181 Å². The number of hydrogen-bond donors (Lipinski definition) is 3. The molecule has 0 saturated carbocycles. The second kappa shape index (κ2) is 23.7. The highest BCUT2D eigenvalue weighted by atomic mass is 79.9. The number of halogens is 4. The van der Waals surface area contributed by atoms with Crippen molar-refractivity contribution in [2.75, 3.05) is 114 Å². The summed E-state index contributed by atoms with van der Waals surface area (Å²) in [5, 5.41) is 17.2. The molecule has 0 spiro atoms. The van der Waals surface area contributed by atoms with Crippen molar-refractivity contribution < 1.29 is 8.78 Å². The van der Waals surface area contributed by atoms with Gasteiger partial charge in [0.1, 0.15) is 39.9 Å². The van der Waals surface area contributed by atoms with Crippen molar-refractivity contribution >= 4 is 109 Å². The number of nitrogens with zero attached hydrogens (tertiary/aromatic N) is 12. The minimum atomic E-state index is -0.270. The molecule has 0 amide bonds. The van der Waals surface area contributed by atoms with Gasteiger partial charge in [-0.2, -0.15) is 0 Å². The van der Waals surface area contributed by atoms with Crippen LogP contribution < -0.4 is 25.8 Å². The molecule has 3 saturated heterocycles. The van der Waals surface area contributed by atoms with Crippen LogP contribution in [0.2, 0.25) is 0 Å². The molecule has 3 fully saturated rings. The van der Waals surface area contributed by atoms with Crippen LogP contribution in [0.5, 0.6) is 0 Å². The highest BCUT2D eigenvalue weighted by Gasteiger charge is 2.20. The number of fused-ring (bicyclic) bond motifs is 9. The molecule has 19 heteroatoms. The third kappa shape index (κ3) is 11.2. The summed E-state index contributed by atoms with van der Waals surface area (Å²) in [6.07, 6.45) is 11.1. The largest absolute Gasteiger partial charge is 0.354 e. The number of aromatic nitrogens is 9. The monoisotopic (exact) mass is 1050 g/mol. The van der Waals surface area contributed by atoms with Crippen LogP contribution in [0.4, 0.5) is 20.4 Å². The molecule has 0 aromatic carbocycles. The first-order valence-electron chi connectivity index (χ1n) is 23.1. The third-order valence-electron chi connectivity index (χ3n) is 12.4. The van der Waals surface area contributed by atoms with Crippen LogP contribution >= 0.6 is 31.9 Å². The summed E-state index contributed by atoms with van der Waals surface area (Å²) in [5.41, 5.74) is 6.48. The van der Waals surface area contributed by atoms with Crippen molar-refractivity contribution in [1.82, 2.24) is 64.5 Å². The zero-order chi connectivity index (χ0) is 47.4. The van der Waals surface area contributed by atoms with E-state index in [4.69, 9.17) is 9.97 Å². The number of hydrogen-bond acceptors (Lipinski definition) is 12. The summed E-state index contributed by atoms with van der Waals surface area (Å²) >= 11 is 6.26. The number of nitrogens with one attached hydrogen (secondary N) is 3.